The fraction of sp³-hybridized carbons (Fsp3) is 0.432. The zero-order chi connectivity index (χ0) is 79.5. The number of benzene rings is 4. The first kappa shape index (κ1) is 81.9. The summed E-state index contributed by atoms with van der Waals surface area (Å²) >= 11 is 0. The minimum atomic E-state index is -3.70. The van der Waals surface area contributed by atoms with Crippen LogP contribution in [0.1, 0.15) is 127 Å². The summed E-state index contributed by atoms with van der Waals surface area (Å²) < 4.78 is 112. The molecule has 0 aliphatic carbocycles. The summed E-state index contributed by atoms with van der Waals surface area (Å²) in [5.41, 5.74) is -1.24. The molecule has 3 saturated heterocycles. The lowest BCUT2D eigenvalue weighted by Gasteiger charge is -2.37. The molecule has 594 valence electrons. The van der Waals surface area contributed by atoms with E-state index in [1.165, 1.54) is 38.6 Å². The minimum absolute atomic E-state index is 0.0137. The van der Waals surface area contributed by atoms with Crippen LogP contribution in [-0.2, 0) is 70.4 Å². The van der Waals surface area contributed by atoms with Gasteiger partial charge in [-0.3, -0.25) is 67.4 Å². The van der Waals surface area contributed by atoms with Gasteiger partial charge < -0.3 is 60.9 Å². The van der Waals surface area contributed by atoms with Gasteiger partial charge in [0.1, 0.15) is 59.9 Å². The summed E-state index contributed by atoms with van der Waals surface area (Å²) in [5, 5.41) is 17.4. The first-order valence-electron chi connectivity index (χ1n) is 36.3. The third kappa shape index (κ3) is 19.0. The number of carbonyl (C=O) groups excluding carboxylic acids is 3. The summed E-state index contributed by atoms with van der Waals surface area (Å²) in [4.78, 5) is 107. The van der Waals surface area contributed by atoms with E-state index in [1.54, 1.807) is 96.5 Å². The van der Waals surface area contributed by atoms with Gasteiger partial charge in [-0.1, -0.05) is 100 Å². The Hall–Kier alpha value is -9.59. The maximum atomic E-state index is 14.8. The van der Waals surface area contributed by atoms with E-state index in [2.05, 4.69) is 56.9 Å². The average molecular weight is 1600 g/mol. The first-order chi connectivity index (χ1) is 53.9. The van der Waals surface area contributed by atoms with E-state index in [0.717, 1.165) is 0 Å². The van der Waals surface area contributed by atoms with Crippen LogP contribution in [0, 0.1) is 23.2 Å². The fourth-order valence-corrected chi connectivity index (χ4v) is 16.6. The summed E-state index contributed by atoms with van der Waals surface area (Å²) in [6.45, 7) is 13.3. The van der Waals surface area contributed by atoms with Crippen molar-refractivity contribution in [1.82, 2.24) is 53.3 Å². The lowest BCUT2D eigenvalue weighted by atomic mass is 9.80. The highest BCUT2D eigenvalue weighted by Crippen LogP contribution is 2.51. The minimum Gasteiger partial charge on any atom is -0.497 e. The molecule has 0 spiro atoms. The van der Waals surface area contributed by atoms with Crippen LogP contribution < -0.4 is 42.2 Å². The highest BCUT2D eigenvalue weighted by molar-refractivity contribution is 7.44. The number of hydrogen-bond acceptors (Lipinski definition) is 27. The van der Waals surface area contributed by atoms with Gasteiger partial charge in [0.25, 0.3) is 25.6 Å². The molecule has 3 aliphatic rings. The quantitative estimate of drug-likeness (QED) is 0.0140. The fourth-order valence-electron chi connectivity index (χ4n) is 13.1. The number of ether oxygens (including phenoxy) is 6. The standard InChI is InChI=1S/C74H88N15O20P3/c1-42(2)66(90)82-71-80-64-62(69(93)84-71)76-40-87(64)60-34-52(107-110(101-33-17-31-75)89(44(5)6)45(7)8)56(105-60)38-102-112(97)109-54-36-61(88-41-77-63-65(88)81-72(85-70(63)94)83-67(91)43(3)4)106-57(54)39-103-111(96)108-53-35-59(86-32-30-58(79-73(86)95)78-68(92)46-18-13-11-14-19-46)104-55(53)37-100-74(47-20-15-12-16-21-47,48-22-26-50(98-9)27-23-48)49-24-28-51(99-10)29-25-49/h11-16,18-30,32,40-45,52-57,59-61,111-112H,17,33-39H2,1-10H3,(H,78,79,92,95)(H2,80,82,84,90,93)(H2,81,83,85,91,94)/t52-,53-,54-,55+,56+,57+,59+,60+,61+,110?/m0/s1. The van der Waals surface area contributed by atoms with Crippen molar-refractivity contribution in [3.63, 3.8) is 0 Å². The Morgan fingerprint density at radius 3 is 1.53 bits per heavy atom. The van der Waals surface area contributed by atoms with E-state index in [-0.39, 0.29) is 91.0 Å². The van der Waals surface area contributed by atoms with Crippen molar-refractivity contribution in [2.24, 2.45) is 11.8 Å². The van der Waals surface area contributed by atoms with E-state index in [0.29, 0.717) is 33.8 Å². The number of anilines is 3. The number of aromatic amines is 2. The van der Waals surface area contributed by atoms with Crippen LogP contribution in [0.4, 0.5) is 17.7 Å². The largest absolute Gasteiger partial charge is 0.497 e. The first-order valence-corrected chi connectivity index (χ1v) is 39.9. The van der Waals surface area contributed by atoms with Crippen molar-refractivity contribution in [2.45, 2.75) is 154 Å². The zero-order valence-electron chi connectivity index (χ0n) is 62.9. The summed E-state index contributed by atoms with van der Waals surface area (Å²) in [6.07, 6.45) is -6.01. The molecule has 3 aliphatic heterocycles. The topological polar surface area (TPSA) is 421 Å². The van der Waals surface area contributed by atoms with Crippen LogP contribution in [0.15, 0.2) is 148 Å². The van der Waals surface area contributed by atoms with Gasteiger partial charge in [-0.2, -0.15) is 20.2 Å². The Bertz CT molecular complexity index is 4990. The van der Waals surface area contributed by atoms with E-state index in [1.807, 2.05) is 87.0 Å². The number of nitrogens with one attached hydrogen (secondary N) is 5. The molecule has 9 aromatic rings. The zero-order valence-corrected chi connectivity index (χ0v) is 65.8. The number of aromatic nitrogens is 10. The second-order valence-corrected chi connectivity index (χ2v) is 31.1. The van der Waals surface area contributed by atoms with Crippen LogP contribution in [0.3, 0.4) is 0 Å². The predicted molar refractivity (Wildman–Crippen MR) is 410 cm³/mol. The molecule has 0 saturated carbocycles. The van der Waals surface area contributed by atoms with Crippen molar-refractivity contribution in [1.29, 1.82) is 5.26 Å². The number of methoxy groups -OCH3 is 2. The monoisotopic (exact) mass is 1600 g/mol. The van der Waals surface area contributed by atoms with Crippen LogP contribution in [-0.4, -0.2) is 160 Å². The highest BCUT2D eigenvalue weighted by Gasteiger charge is 2.47. The van der Waals surface area contributed by atoms with Crippen molar-refractivity contribution in [3.05, 3.63) is 188 Å². The Morgan fingerprint density at radius 1 is 0.607 bits per heavy atom. The predicted octanol–water partition coefficient (Wildman–Crippen LogP) is 10.1. The van der Waals surface area contributed by atoms with E-state index >= 15 is 0 Å². The summed E-state index contributed by atoms with van der Waals surface area (Å²) in [5.74, 6) is -1.45. The number of hydrogen-bond donors (Lipinski definition) is 5. The van der Waals surface area contributed by atoms with Crippen LogP contribution >= 0.6 is 25.0 Å². The number of amides is 3. The normalized spacial score (nSPS) is 20.8. The van der Waals surface area contributed by atoms with Crippen LogP contribution in [0.5, 0.6) is 11.5 Å². The van der Waals surface area contributed by atoms with Crippen molar-refractivity contribution >= 4 is 82.8 Å². The van der Waals surface area contributed by atoms with Gasteiger partial charge in [0.2, 0.25) is 23.7 Å². The van der Waals surface area contributed by atoms with Crippen molar-refractivity contribution < 1.29 is 79.1 Å². The Kier molecular flexibility index (Phi) is 27.0. The second-order valence-electron chi connectivity index (χ2n) is 27.6. The maximum absolute atomic E-state index is 14.8. The number of carbonyl (C=O) groups is 3. The smallest absolute Gasteiger partial charge is 0.351 e. The van der Waals surface area contributed by atoms with Gasteiger partial charge in [-0.15, -0.1) is 0 Å². The van der Waals surface area contributed by atoms with Crippen molar-refractivity contribution in [3.8, 4) is 17.6 Å². The molecule has 0 radical (unpaired) electrons. The van der Waals surface area contributed by atoms with E-state index < -0.39 is 146 Å². The molecular formula is C74H88N15O20P3. The van der Waals surface area contributed by atoms with Gasteiger partial charge >= 0.3 is 22.2 Å². The Morgan fingerprint density at radius 2 is 1.06 bits per heavy atom. The third-order valence-corrected chi connectivity index (χ3v) is 22.7. The van der Waals surface area contributed by atoms with E-state index in [4.69, 9.17) is 55.6 Å². The van der Waals surface area contributed by atoms with Gasteiger partial charge in [0, 0.05) is 54.9 Å². The molecule has 3 unspecified atom stereocenters. The van der Waals surface area contributed by atoms with Crippen molar-refractivity contribution in [2.75, 3.05) is 56.6 Å². The summed E-state index contributed by atoms with van der Waals surface area (Å²) in [6, 6.07) is 35.9. The molecule has 12 atom stereocenters. The number of rotatable bonds is 35. The highest BCUT2D eigenvalue weighted by atomic mass is 31.2. The molecule has 112 heavy (non-hydrogen) atoms. The lowest BCUT2D eigenvalue weighted by Crippen LogP contribution is -2.38. The molecule has 5 N–H and O–H groups in total. The van der Waals surface area contributed by atoms with Crippen LogP contribution in [0.2, 0.25) is 0 Å². The summed E-state index contributed by atoms with van der Waals surface area (Å²) in [7, 11) is -6.16. The number of fused-ring (bicyclic) bond motifs is 2. The molecule has 3 fully saturated rings. The number of nitrogens with zero attached hydrogens (tertiary/aromatic N) is 10. The van der Waals surface area contributed by atoms with Gasteiger partial charge in [0.15, 0.2) is 22.3 Å². The Balaban J connectivity index is 0.833. The third-order valence-electron chi connectivity index (χ3n) is 18.7. The number of imidazole rings is 2. The van der Waals surface area contributed by atoms with E-state index in [9.17, 15) is 43.2 Å². The lowest BCUT2D eigenvalue weighted by molar-refractivity contribution is -0.119. The molecule has 3 amide bonds. The second kappa shape index (κ2) is 36.9. The number of nitriles is 1. The molecule has 8 heterocycles. The Labute approximate surface area is 645 Å². The van der Waals surface area contributed by atoms with Gasteiger partial charge in [0.05, 0.1) is 84.1 Å². The van der Waals surface area contributed by atoms with Gasteiger partial charge in [-0.25, -0.2) is 19.4 Å². The molecule has 35 nitrogen and oxygen atoms in total. The molecule has 5 aromatic heterocycles. The molecule has 12 rings (SSSR count). The molecule has 38 heteroatoms. The SMILES string of the molecule is COc1ccc(C(OC[C@H]2O[C@@H](n3ccc(NC(=O)c4ccccc4)nc3=O)C[C@@H]2O[PH](=O)OC[C@H]2O[C@@H](n3cnc4c(=O)[nH]c(NC(=O)C(C)C)nc43)C[C@@H]2O[PH](=O)OC[C@H]2O[C@@H](n3cnc4c(=O)[nH]c(NC(=O)C(C)C)nc43)C[C@@H]2OP(OCCC#N)N(C(C)C)C(C)C)(c2ccccc2)c2ccc(OC)cc2)cc1. The van der Waals surface area contributed by atoms with Crippen LogP contribution in [0.25, 0.3) is 22.3 Å². The maximum Gasteiger partial charge on any atom is 0.351 e. The van der Waals surface area contributed by atoms with Gasteiger partial charge in [-0.05, 0) is 86.8 Å². The number of H-pyrrole nitrogens is 2. The molecular weight excluding hydrogens is 1510 g/mol. The average Bonchev–Trinajstić information content (AvgIpc) is 1.20. The molecule has 4 aromatic carbocycles. The molecule has 0 bridgehead atoms.